The normalized spacial score (nSPS) is 25.2. The van der Waals surface area contributed by atoms with Crippen molar-refractivity contribution in [2.45, 2.75) is 50.2 Å². The summed E-state index contributed by atoms with van der Waals surface area (Å²) in [6.45, 7) is 2.27. The molecule has 1 saturated heterocycles. The number of rotatable bonds is 7. The molecule has 154 valence electrons. The molecule has 1 saturated carbocycles. The number of hydrogen-bond donors (Lipinski definition) is 3. The minimum absolute atomic E-state index is 0.388. The third-order valence-corrected chi connectivity index (χ3v) is 5.97. The van der Waals surface area contributed by atoms with E-state index in [0.717, 1.165) is 36.2 Å². The minimum atomic E-state index is 0.388. The van der Waals surface area contributed by atoms with Gasteiger partial charge in [0.15, 0.2) is 0 Å². The summed E-state index contributed by atoms with van der Waals surface area (Å²) in [6.07, 6.45) is 10.2. The predicted molar refractivity (Wildman–Crippen MR) is 119 cm³/mol. The average Bonchev–Trinajstić information content (AvgIpc) is 3.20. The maximum absolute atomic E-state index is 6.05. The van der Waals surface area contributed by atoms with Crippen LogP contribution in [0.15, 0.2) is 67.0 Å². The molecule has 2 aromatic rings. The zero-order chi connectivity index (χ0) is 19.9. The number of anilines is 1. The Labute approximate surface area is 173 Å². The molecule has 2 aromatic carbocycles. The molecule has 2 fully saturated rings. The van der Waals surface area contributed by atoms with Crippen molar-refractivity contribution in [3.05, 3.63) is 67.0 Å². The first-order chi connectivity index (χ1) is 14.3. The number of nitrogens with one attached hydrogen (secondary N) is 2. The molecule has 1 aliphatic heterocycles. The van der Waals surface area contributed by atoms with Crippen molar-refractivity contribution in [2.24, 2.45) is 5.73 Å². The van der Waals surface area contributed by atoms with Gasteiger partial charge in [0, 0.05) is 49.3 Å². The Hall–Kier alpha value is -2.50. The quantitative estimate of drug-likeness (QED) is 0.656. The van der Waals surface area contributed by atoms with Gasteiger partial charge >= 0.3 is 0 Å². The molecule has 1 aliphatic carbocycles. The summed E-state index contributed by atoms with van der Waals surface area (Å²) in [6, 6.07) is 19.5. The van der Waals surface area contributed by atoms with Crippen LogP contribution in [0.5, 0.6) is 11.5 Å². The summed E-state index contributed by atoms with van der Waals surface area (Å²) in [5.41, 5.74) is 7.09. The van der Waals surface area contributed by atoms with Gasteiger partial charge in [0.25, 0.3) is 0 Å². The lowest BCUT2D eigenvalue weighted by Gasteiger charge is -2.34. The molecule has 5 heteroatoms. The van der Waals surface area contributed by atoms with Crippen molar-refractivity contribution in [2.75, 3.05) is 18.4 Å². The van der Waals surface area contributed by atoms with Crippen LogP contribution in [0.2, 0.25) is 0 Å². The van der Waals surface area contributed by atoms with Gasteiger partial charge in [-0.2, -0.15) is 0 Å². The molecule has 0 bridgehead atoms. The van der Waals surface area contributed by atoms with E-state index >= 15 is 0 Å². The second-order valence-corrected chi connectivity index (χ2v) is 8.13. The molecule has 0 radical (unpaired) electrons. The molecular formula is C24H32N4O. The molecule has 1 unspecified atom stereocenters. The van der Waals surface area contributed by atoms with Crippen LogP contribution in [0, 0.1) is 0 Å². The Morgan fingerprint density at radius 1 is 0.862 bits per heavy atom. The smallest absolute Gasteiger partial charge is 0.127 e. The van der Waals surface area contributed by atoms with Gasteiger partial charge in [-0.3, -0.25) is 4.90 Å². The number of nitrogens with two attached hydrogens (primary N) is 1. The first-order valence-electron chi connectivity index (χ1n) is 10.8. The summed E-state index contributed by atoms with van der Waals surface area (Å²) < 4.78 is 5.82. The van der Waals surface area contributed by atoms with Crippen LogP contribution in [-0.2, 0) is 0 Å². The largest absolute Gasteiger partial charge is 0.457 e. The zero-order valence-electron chi connectivity index (χ0n) is 17.0. The van der Waals surface area contributed by atoms with E-state index in [9.17, 15) is 0 Å². The molecule has 0 amide bonds. The van der Waals surface area contributed by atoms with Gasteiger partial charge in [0.05, 0.1) is 0 Å². The molecule has 2 aliphatic rings. The topological polar surface area (TPSA) is 62.5 Å². The van der Waals surface area contributed by atoms with Crippen LogP contribution >= 0.6 is 0 Å². The van der Waals surface area contributed by atoms with E-state index in [1.54, 1.807) is 0 Å². The number of likely N-dealkylation sites (tertiary alicyclic amines) is 1. The Morgan fingerprint density at radius 2 is 1.59 bits per heavy atom. The lowest BCUT2D eigenvalue weighted by molar-refractivity contribution is 0.175. The first kappa shape index (κ1) is 19.8. The van der Waals surface area contributed by atoms with Gasteiger partial charge < -0.3 is 21.1 Å². The fourth-order valence-corrected chi connectivity index (χ4v) is 4.32. The highest BCUT2D eigenvalue weighted by Crippen LogP contribution is 2.26. The predicted octanol–water partition coefficient (Wildman–Crippen LogP) is 4.30. The van der Waals surface area contributed by atoms with Crippen LogP contribution in [0.1, 0.15) is 32.1 Å². The number of para-hydroxylation sites is 1. The standard InChI is InChI=1S/C24H32N4O/c25-19-14-17-28(18-19)22-10-6-20(7-11-22)26-15-16-27-21-8-12-24(13-9-21)29-23-4-2-1-3-5-23/h1-5,8-9,12-13,15-16,19-20,22,26-27H,6-7,10-11,14,17-18,25H2/b16-15-. The highest BCUT2D eigenvalue weighted by Gasteiger charge is 2.29. The lowest BCUT2D eigenvalue weighted by Crippen LogP contribution is -2.41. The Bertz CT molecular complexity index is 769. The van der Waals surface area contributed by atoms with Crippen LogP contribution in [0.25, 0.3) is 0 Å². The summed E-state index contributed by atoms with van der Waals surface area (Å²) in [5, 5.41) is 6.86. The minimum Gasteiger partial charge on any atom is -0.457 e. The highest BCUT2D eigenvalue weighted by atomic mass is 16.5. The zero-order valence-corrected chi connectivity index (χ0v) is 17.0. The van der Waals surface area contributed by atoms with Crippen molar-refractivity contribution in [1.82, 2.24) is 10.2 Å². The summed E-state index contributed by atoms with van der Waals surface area (Å²) in [4.78, 5) is 2.60. The number of benzene rings is 2. The van der Waals surface area contributed by atoms with Crippen LogP contribution < -0.4 is 21.1 Å². The van der Waals surface area contributed by atoms with Crippen LogP contribution in [-0.4, -0.2) is 36.1 Å². The second-order valence-electron chi connectivity index (χ2n) is 8.13. The van der Waals surface area contributed by atoms with Crippen LogP contribution in [0.4, 0.5) is 5.69 Å². The summed E-state index contributed by atoms with van der Waals surface area (Å²) in [7, 11) is 0. The van der Waals surface area contributed by atoms with Crippen molar-refractivity contribution in [1.29, 1.82) is 0 Å². The van der Waals surface area contributed by atoms with Gasteiger partial charge in [-0.05, 0) is 68.5 Å². The molecule has 5 nitrogen and oxygen atoms in total. The lowest BCUT2D eigenvalue weighted by atomic mass is 9.90. The van der Waals surface area contributed by atoms with Gasteiger partial charge in [0.2, 0.25) is 0 Å². The third kappa shape index (κ3) is 5.75. The van der Waals surface area contributed by atoms with Gasteiger partial charge in [-0.1, -0.05) is 18.2 Å². The van der Waals surface area contributed by atoms with E-state index in [0.29, 0.717) is 12.1 Å². The van der Waals surface area contributed by atoms with E-state index in [-0.39, 0.29) is 0 Å². The van der Waals surface area contributed by atoms with E-state index < -0.39 is 0 Å². The maximum atomic E-state index is 6.05. The van der Waals surface area contributed by atoms with Crippen LogP contribution in [0.3, 0.4) is 0 Å². The first-order valence-corrected chi connectivity index (χ1v) is 10.8. The number of nitrogens with zero attached hydrogens (tertiary/aromatic N) is 1. The average molecular weight is 393 g/mol. The number of ether oxygens (including phenoxy) is 1. The van der Waals surface area contributed by atoms with E-state index in [4.69, 9.17) is 10.5 Å². The Balaban J connectivity index is 1.16. The van der Waals surface area contributed by atoms with Gasteiger partial charge in [0.1, 0.15) is 11.5 Å². The Morgan fingerprint density at radius 3 is 2.28 bits per heavy atom. The Kier molecular flexibility index (Phi) is 6.70. The summed E-state index contributed by atoms with van der Waals surface area (Å²) in [5.74, 6) is 1.68. The van der Waals surface area contributed by atoms with E-state index in [2.05, 4.69) is 15.5 Å². The molecule has 4 rings (SSSR count). The fraction of sp³-hybridized carbons (Fsp3) is 0.417. The molecule has 0 aromatic heterocycles. The van der Waals surface area contributed by atoms with E-state index in [1.807, 2.05) is 67.0 Å². The molecule has 4 N–H and O–H groups in total. The molecule has 29 heavy (non-hydrogen) atoms. The molecule has 0 spiro atoms. The number of hydrogen-bond acceptors (Lipinski definition) is 5. The fourth-order valence-electron chi connectivity index (χ4n) is 4.32. The summed E-state index contributed by atoms with van der Waals surface area (Å²) >= 11 is 0. The second kappa shape index (κ2) is 9.81. The van der Waals surface area contributed by atoms with Crippen molar-refractivity contribution in [3.8, 4) is 11.5 Å². The van der Waals surface area contributed by atoms with Crippen molar-refractivity contribution < 1.29 is 4.74 Å². The van der Waals surface area contributed by atoms with Crippen molar-refractivity contribution in [3.63, 3.8) is 0 Å². The third-order valence-electron chi connectivity index (χ3n) is 5.97. The van der Waals surface area contributed by atoms with E-state index in [1.165, 1.54) is 32.2 Å². The molecule has 1 heterocycles. The molecule has 1 atom stereocenters. The highest BCUT2D eigenvalue weighted by molar-refractivity contribution is 5.48. The SMILES string of the molecule is NC1CCN(C2CCC(N/C=C\Nc3ccc(Oc4ccccc4)cc3)CC2)C1. The monoisotopic (exact) mass is 392 g/mol. The van der Waals surface area contributed by atoms with Gasteiger partial charge in [-0.15, -0.1) is 0 Å². The maximum Gasteiger partial charge on any atom is 0.127 e. The van der Waals surface area contributed by atoms with Gasteiger partial charge in [-0.25, -0.2) is 0 Å². The van der Waals surface area contributed by atoms with Crippen molar-refractivity contribution >= 4 is 5.69 Å². The molecular weight excluding hydrogens is 360 g/mol.